The van der Waals surface area contributed by atoms with E-state index in [4.69, 9.17) is 10.2 Å². The lowest BCUT2D eigenvalue weighted by Crippen LogP contribution is -2.30. The molecule has 0 fully saturated rings. The Morgan fingerprint density at radius 1 is 0.938 bits per heavy atom. The van der Waals surface area contributed by atoms with Gasteiger partial charge in [-0.25, -0.2) is 9.50 Å². The van der Waals surface area contributed by atoms with E-state index < -0.39 is 0 Å². The van der Waals surface area contributed by atoms with Crippen LogP contribution in [0.5, 0.6) is 0 Å². The molecule has 0 saturated heterocycles. The maximum absolute atomic E-state index is 13.6. The van der Waals surface area contributed by atoms with E-state index in [1.807, 2.05) is 60.7 Å². The van der Waals surface area contributed by atoms with E-state index in [9.17, 15) is 4.79 Å². The molecule has 0 unspecified atom stereocenters. The van der Waals surface area contributed by atoms with Crippen molar-refractivity contribution >= 4 is 17.2 Å². The number of nitrogen functional groups attached to an aromatic ring is 1. The molecule has 3 heterocycles. The van der Waals surface area contributed by atoms with E-state index in [2.05, 4.69) is 10.1 Å². The molecular formula is C25H21N5O2. The average molecular weight is 423 g/mol. The first-order valence-corrected chi connectivity index (χ1v) is 10.2. The van der Waals surface area contributed by atoms with Gasteiger partial charge in [0.1, 0.15) is 0 Å². The smallest absolute Gasteiger partial charge is 0.256 e. The van der Waals surface area contributed by atoms with E-state index in [1.54, 1.807) is 35.6 Å². The Kier molecular flexibility index (Phi) is 5.13. The van der Waals surface area contributed by atoms with Crippen LogP contribution in [-0.4, -0.2) is 25.4 Å². The zero-order chi connectivity index (χ0) is 21.9. The second-order valence-electron chi connectivity index (χ2n) is 7.50. The van der Waals surface area contributed by atoms with Gasteiger partial charge in [0.2, 0.25) is 5.82 Å². The molecule has 5 aromatic rings. The Labute approximate surface area is 184 Å². The summed E-state index contributed by atoms with van der Waals surface area (Å²) in [6, 6.07) is 25.0. The zero-order valence-electron chi connectivity index (χ0n) is 17.3. The molecule has 3 aromatic heterocycles. The highest BCUT2D eigenvalue weighted by Crippen LogP contribution is 2.22. The number of aromatic nitrogens is 3. The largest absolute Gasteiger partial charge is 0.461 e. The van der Waals surface area contributed by atoms with Crippen molar-refractivity contribution in [2.24, 2.45) is 0 Å². The summed E-state index contributed by atoms with van der Waals surface area (Å²) in [5.41, 5.74) is 9.63. The van der Waals surface area contributed by atoms with Crippen LogP contribution in [-0.2, 0) is 13.1 Å². The standard InChI is InChI=1S/C25H21N5O2/c26-21-14-20(17-30-24(21)27-23(28-30)22-12-7-13-32-22)25(31)29(15-18-8-3-1-4-9-18)16-19-10-5-2-6-11-19/h1-14,17H,15-16,26H2. The monoisotopic (exact) mass is 423 g/mol. The number of nitrogens with two attached hydrogens (primary N) is 1. The number of hydrogen-bond acceptors (Lipinski definition) is 5. The van der Waals surface area contributed by atoms with Crippen molar-refractivity contribution < 1.29 is 9.21 Å². The van der Waals surface area contributed by atoms with E-state index in [0.29, 0.717) is 41.6 Å². The summed E-state index contributed by atoms with van der Waals surface area (Å²) in [5.74, 6) is 0.814. The molecule has 0 atom stereocenters. The van der Waals surface area contributed by atoms with Gasteiger partial charge in [0.05, 0.1) is 17.5 Å². The molecule has 0 spiro atoms. The maximum atomic E-state index is 13.6. The molecule has 0 aliphatic heterocycles. The van der Waals surface area contributed by atoms with Crippen molar-refractivity contribution in [1.82, 2.24) is 19.5 Å². The SMILES string of the molecule is Nc1cc(C(=O)N(Cc2ccccc2)Cc2ccccc2)cn2nc(-c3ccco3)nc12. The van der Waals surface area contributed by atoms with E-state index in [-0.39, 0.29) is 5.91 Å². The van der Waals surface area contributed by atoms with Crippen molar-refractivity contribution in [3.8, 4) is 11.6 Å². The van der Waals surface area contributed by atoms with Crippen LogP contribution in [0.15, 0.2) is 95.7 Å². The molecule has 32 heavy (non-hydrogen) atoms. The predicted octanol–water partition coefficient (Wildman–Crippen LogP) is 4.41. The Hall–Kier alpha value is -4.39. The van der Waals surface area contributed by atoms with Crippen LogP contribution in [0.25, 0.3) is 17.2 Å². The number of anilines is 1. The Morgan fingerprint density at radius 2 is 1.59 bits per heavy atom. The van der Waals surface area contributed by atoms with Crippen LogP contribution < -0.4 is 5.73 Å². The Balaban J connectivity index is 1.50. The third-order valence-electron chi connectivity index (χ3n) is 5.17. The van der Waals surface area contributed by atoms with Crippen LogP contribution in [0.3, 0.4) is 0 Å². The first-order valence-electron chi connectivity index (χ1n) is 10.2. The molecule has 0 saturated carbocycles. The van der Waals surface area contributed by atoms with Crippen molar-refractivity contribution in [3.05, 3.63) is 108 Å². The summed E-state index contributed by atoms with van der Waals surface area (Å²) < 4.78 is 6.91. The molecule has 5 rings (SSSR count). The van der Waals surface area contributed by atoms with Gasteiger partial charge >= 0.3 is 0 Å². The first-order chi connectivity index (χ1) is 15.7. The van der Waals surface area contributed by atoms with Gasteiger partial charge in [-0.05, 0) is 29.3 Å². The van der Waals surface area contributed by atoms with E-state index in [0.717, 1.165) is 11.1 Å². The van der Waals surface area contributed by atoms with Crippen LogP contribution >= 0.6 is 0 Å². The van der Waals surface area contributed by atoms with Gasteiger partial charge in [-0.1, -0.05) is 60.7 Å². The van der Waals surface area contributed by atoms with Crippen LogP contribution in [0.4, 0.5) is 5.69 Å². The quantitative estimate of drug-likeness (QED) is 0.437. The summed E-state index contributed by atoms with van der Waals surface area (Å²) >= 11 is 0. The minimum absolute atomic E-state index is 0.138. The second kappa shape index (κ2) is 8.39. The van der Waals surface area contributed by atoms with Crippen LogP contribution in [0.1, 0.15) is 21.5 Å². The summed E-state index contributed by atoms with van der Waals surface area (Å²) in [4.78, 5) is 19.8. The number of carbonyl (C=O) groups is 1. The predicted molar refractivity (Wildman–Crippen MR) is 122 cm³/mol. The van der Waals surface area contributed by atoms with Crippen LogP contribution in [0, 0.1) is 0 Å². The summed E-state index contributed by atoms with van der Waals surface area (Å²) in [5, 5.41) is 4.45. The topological polar surface area (TPSA) is 89.7 Å². The third-order valence-corrected chi connectivity index (χ3v) is 5.17. The number of rotatable bonds is 6. The highest BCUT2D eigenvalue weighted by atomic mass is 16.3. The molecule has 158 valence electrons. The lowest BCUT2D eigenvalue weighted by Gasteiger charge is -2.23. The highest BCUT2D eigenvalue weighted by molar-refractivity contribution is 5.95. The fourth-order valence-electron chi connectivity index (χ4n) is 3.63. The Morgan fingerprint density at radius 3 is 2.19 bits per heavy atom. The minimum Gasteiger partial charge on any atom is -0.461 e. The van der Waals surface area contributed by atoms with Gasteiger partial charge < -0.3 is 15.1 Å². The molecule has 7 heteroatoms. The van der Waals surface area contributed by atoms with E-state index >= 15 is 0 Å². The number of carbonyl (C=O) groups excluding carboxylic acids is 1. The lowest BCUT2D eigenvalue weighted by molar-refractivity contribution is 0.0729. The number of fused-ring (bicyclic) bond motifs is 1. The summed E-state index contributed by atoms with van der Waals surface area (Å²) in [6.45, 7) is 0.947. The number of nitrogens with zero attached hydrogens (tertiary/aromatic N) is 4. The fraction of sp³-hybridized carbons (Fsp3) is 0.0800. The third kappa shape index (κ3) is 3.96. The van der Waals surface area contributed by atoms with Gasteiger partial charge in [0, 0.05) is 19.3 Å². The van der Waals surface area contributed by atoms with Crippen molar-refractivity contribution in [2.45, 2.75) is 13.1 Å². The van der Waals surface area contributed by atoms with Gasteiger partial charge in [-0.2, -0.15) is 0 Å². The molecule has 2 aromatic carbocycles. The molecule has 7 nitrogen and oxygen atoms in total. The fourth-order valence-corrected chi connectivity index (χ4v) is 3.63. The van der Waals surface area contributed by atoms with Gasteiger partial charge in [-0.3, -0.25) is 4.79 Å². The number of pyridine rings is 1. The maximum Gasteiger partial charge on any atom is 0.256 e. The molecule has 0 radical (unpaired) electrons. The molecule has 1 amide bonds. The second-order valence-corrected chi connectivity index (χ2v) is 7.50. The van der Waals surface area contributed by atoms with Gasteiger partial charge in [0.15, 0.2) is 11.4 Å². The van der Waals surface area contributed by atoms with E-state index in [1.165, 1.54) is 4.52 Å². The van der Waals surface area contributed by atoms with Gasteiger partial charge in [0.25, 0.3) is 5.91 Å². The zero-order valence-corrected chi connectivity index (χ0v) is 17.3. The Bertz CT molecular complexity index is 1300. The molecule has 0 aliphatic rings. The first kappa shape index (κ1) is 19.6. The van der Waals surface area contributed by atoms with Gasteiger partial charge in [-0.15, -0.1) is 5.10 Å². The summed E-state index contributed by atoms with van der Waals surface area (Å²) in [7, 11) is 0. The number of benzene rings is 2. The average Bonchev–Trinajstić information content (AvgIpc) is 3.50. The van der Waals surface area contributed by atoms with Crippen molar-refractivity contribution in [3.63, 3.8) is 0 Å². The molecule has 2 N–H and O–H groups in total. The summed E-state index contributed by atoms with van der Waals surface area (Å²) in [6.07, 6.45) is 3.22. The molecule has 0 aliphatic carbocycles. The van der Waals surface area contributed by atoms with Crippen molar-refractivity contribution in [1.29, 1.82) is 0 Å². The molecule has 0 bridgehead atoms. The highest BCUT2D eigenvalue weighted by Gasteiger charge is 2.20. The normalized spacial score (nSPS) is 11.0. The number of hydrogen-bond donors (Lipinski definition) is 1. The minimum atomic E-state index is -0.138. The lowest BCUT2D eigenvalue weighted by atomic mass is 10.1. The number of furan rings is 1. The van der Waals surface area contributed by atoms with Crippen molar-refractivity contribution in [2.75, 3.05) is 5.73 Å². The number of amides is 1. The van der Waals surface area contributed by atoms with Crippen LogP contribution in [0.2, 0.25) is 0 Å². The molecular weight excluding hydrogens is 402 g/mol.